The summed E-state index contributed by atoms with van der Waals surface area (Å²) in [6.45, 7) is -0.100. The Morgan fingerprint density at radius 2 is 1.17 bits per heavy atom. The number of para-hydroxylation sites is 1. The number of benzene rings is 4. The van der Waals surface area contributed by atoms with Crippen LogP contribution in [0.15, 0.2) is 108 Å². The van der Waals surface area contributed by atoms with E-state index >= 15 is 0 Å². The number of rotatable bonds is 8. The molecule has 0 radical (unpaired) electrons. The number of carbonyl (C=O) groups excluding carboxylic acids is 2. The fraction of sp³-hybridized carbons (Fsp3) is 0.0323. The molecule has 0 aromatic heterocycles. The average Bonchev–Trinajstić information content (AvgIpc) is 3.52. The molecule has 14 nitrogen and oxygen atoms in total. The smallest absolute Gasteiger partial charge is 0.296 e. The highest BCUT2D eigenvalue weighted by atomic mass is 32.2. The minimum atomic E-state index is -3.79. The number of sulfonamides is 1. The van der Waals surface area contributed by atoms with Gasteiger partial charge in [-0.25, -0.2) is 18.7 Å². The van der Waals surface area contributed by atoms with Crippen LogP contribution in [-0.4, -0.2) is 33.8 Å². The number of aliphatic hydroxyl groups excluding tert-OH is 1. The number of aliphatic hydroxyl groups is 1. The highest BCUT2D eigenvalue weighted by Crippen LogP contribution is 2.33. The van der Waals surface area contributed by atoms with Crippen molar-refractivity contribution in [1.82, 2.24) is 0 Å². The van der Waals surface area contributed by atoms with Gasteiger partial charge < -0.3 is 26.4 Å². The van der Waals surface area contributed by atoms with Gasteiger partial charge in [-0.2, -0.15) is 8.42 Å². The van der Waals surface area contributed by atoms with Crippen LogP contribution in [0, 0.1) is 0 Å². The van der Waals surface area contributed by atoms with E-state index in [2.05, 4.69) is 26.0 Å². The second kappa shape index (κ2) is 13.5. The average molecular weight is 676 g/mol. The number of hydrogen-bond acceptors (Lipinski definition) is 9. The molecule has 242 valence electrons. The molecule has 6 rings (SSSR count). The number of nitrogens with one attached hydrogen (secondary N) is 5. The first-order valence-electron chi connectivity index (χ1n) is 13.7. The standard InChI is InChI=1S/C16H15N3O4S.C15H14N4O3S/c17-24(22,23)12-4-2-11(3-5-12)18-8-14-13-6-1-10(9-20)7-15(13)19-16(14)21;16-23(21,22)19-11-7-5-10(6-8-11)17-9-13-12-3-1-2-4-14(12)18-15(13)20/h1-8,18,20H,9H2,(H,19,21)(H2,17,22,23);1-9,17,19H,(H,18,20)(H2,16,21,22). The van der Waals surface area contributed by atoms with Crippen molar-refractivity contribution >= 4 is 71.6 Å². The lowest BCUT2D eigenvalue weighted by Crippen LogP contribution is -2.21. The summed E-state index contributed by atoms with van der Waals surface area (Å²) in [7, 11) is -7.52. The van der Waals surface area contributed by atoms with Gasteiger partial charge in [-0.3, -0.25) is 14.3 Å². The van der Waals surface area contributed by atoms with Crippen LogP contribution in [-0.2, 0) is 36.4 Å². The molecule has 16 heteroatoms. The summed E-state index contributed by atoms with van der Waals surface area (Å²) in [5.74, 6) is -0.431. The molecule has 0 spiro atoms. The minimum absolute atomic E-state index is 0.0150. The normalized spacial score (nSPS) is 15.2. The largest absolute Gasteiger partial charge is 0.392 e. The molecule has 2 heterocycles. The van der Waals surface area contributed by atoms with E-state index in [9.17, 15) is 26.4 Å². The zero-order chi connectivity index (χ0) is 33.8. The lowest BCUT2D eigenvalue weighted by Gasteiger charge is -2.06. The molecule has 2 aliphatic rings. The van der Waals surface area contributed by atoms with E-state index in [-0.39, 0.29) is 23.3 Å². The van der Waals surface area contributed by atoms with Crippen LogP contribution < -0.4 is 36.3 Å². The van der Waals surface area contributed by atoms with Gasteiger partial charge in [-0.15, -0.1) is 0 Å². The predicted octanol–water partition coefficient (Wildman–Crippen LogP) is 2.94. The third-order valence-electron chi connectivity index (χ3n) is 6.85. The van der Waals surface area contributed by atoms with Gasteiger partial charge in [0.05, 0.1) is 22.6 Å². The van der Waals surface area contributed by atoms with Crippen LogP contribution in [0.5, 0.6) is 0 Å². The molecule has 2 amide bonds. The number of anilines is 5. The van der Waals surface area contributed by atoms with Gasteiger partial charge in [-0.1, -0.05) is 30.3 Å². The van der Waals surface area contributed by atoms with Gasteiger partial charge >= 0.3 is 0 Å². The lowest BCUT2D eigenvalue weighted by molar-refractivity contribution is -0.111. The van der Waals surface area contributed by atoms with Crippen LogP contribution >= 0.6 is 0 Å². The Bertz CT molecular complexity index is 2130. The van der Waals surface area contributed by atoms with Crippen molar-refractivity contribution in [3.05, 3.63) is 120 Å². The number of nitrogens with two attached hydrogens (primary N) is 2. The molecule has 0 bridgehead atoms. The van der Waals surface area contributed by atoms with E-state index in [1.807, 2.05) is 24.3 Å². The topological polar surface area (TPSA) is 235 Å². The summed E-state index contributed by atoms with van der Waals surface area (Å²) in [4.78, 5) is 24.0. The maximum atomic E-state index is 12.1. The molecular formula is C31H29N7O7S2. The summed E-state index contributed by atoms with van der Waals surface area (Å²) >= 11 is 0. The molecule has 4 aromatic carbocycles. The fourth-order valence-electron chi connectivity index (χ4n) is 4.62. The molecule has 47 heavy (non-hydrogen) atoms. The number of fused-ring (bicyclic) bond motifs is 2. The minimum Gasteiger partial charge on any atom is -0.392 e. The van der Waals surface area contributed by atoms with E-state index in [4.69, 9.17) is 15.4 Å². The van der Waals surface area contributed by atoms with Crippen LogP contribution in [0.1, 0.15) is 16.7 Å². The Kier molecular flexibility index (Phi) is 9.41. The molecule has 0 unspecified atom stereocenters. The predicted molar refractivity (Wildman–Crippen MR) is 180 cm³/mol. The van der Waals surface area contributed by atoms with Crippen molar-refractivity contribution in [2.75, 3.05) is 26.0 Å². The van der Waals surface area contributed by atoms with Crippen molar-refractivity contribution in [3.63, 3.8) is 0 Å². The van der Waals surface area contributed by atoms with Crippen molar-refractivity contribution in [2.45, 2.75) is 11.5 Å². The molecule has 0 saturated carbocycles. The van der Waals surface area contributed by atoms with Gasteiger partial charge in [0.25, 0.3) is 22.0 Å². The van der Waals surface area contributed by atoms with E-state index in [0.717, 1.165) is 16.8 Å². The second-order valence-electron chi connectivity index (χ2n) is 10.2. The molecule has 2 aliphatic heterocycles. The number of hydrogen-bond donors (Lipinski definition) is 8. The quantitative estimate of drug-likeness (QED) is 0.128. The Hall–Kier alpha value is -5.52. The number of primary sulfonamides is 1. The highest BCUT2D eigenvalue weighted by Gasteiger charge is 2.24. The van der Waals surface area contributed by atoms with Crippen LogP contribution in [0.3, 0.4) is 0 Å². The molecule has 10 N–H and O–H groups in total. The third kappa shape index (κ3) is 8.20. The maximum Gasteiger partial charge on any atom is 0.296 e. The Morgan fingerprint density at radius 1 is 0.660 bits per heavy atom. The zero-order valence-corrected chi connectivity index (χ0v) is 26.0. The van der Waals surface area contributed by atoms with Gasteiger partial charge in [-0.05, 0) is 66.2 Å². The van der Waals surface area contributed by atoms with Crippen molar-refractivity contribution < 1.29 is 31.5 Å². The lowest BCUT2D eigenvalue weighted by atomic mass is 10.1. The van der Waals surface area contributed by atoms with Crippen LogP contribution in [0.25, 0.3) is 11.1 Å². The van der Waals surface area contributed by atoms with Gasteiger partial charge in [0.15, 0.2) is 0 Å². The zero-order valence-electron chi connectivity index (χ0n) is 24.4. The van der Waals surface area contributed by atoms with Gasteiger partial charge in [0.1, 0.15) is 0 Å². The van der Waals surface area contributed by atoms with Crippen LogP contribution in [0.4, 0.5) is 28.4 Å². The van der Waals surface area contributed by atoms with E-state index in [0.29, 0.717) is 39.5 Å². The van der Waals surface area contributed by atoms with E-state index in [1.165, 1.54) is 12.1 Å². The van der Waals surface area contributed by atoms with E-state index in [1.54, 1.807) is 67.0 Å². The van der Waals surface area contributed by atoms with Gasteiger partial charge in [0, 0.05) is 52.0 Å². The molecule has 0 aliphatic carbocycles. The van der Waals surface area contributed by atoms with Crippen molar-refractivity contribution in [1.29, 1.82) is 0 Å². The summed E-state index contributed by atoms with van der Waals surface area (Å²) < 4.78 is 46.5. The second-order valence-corrected chi connectivity index (χ2v) is 13.0. The molecule has 0 saturated heterocycles. The first-order chi connectivity index (χ1) is 22.3. The molecule has 0 atom stereocenters. The van der Waals surface area contributed by atoms with Crippen LogP contribution in [0.2, 0.25) is 0 Å². The van der Waals surface area contributed by atoms with E-state index < -0.39 is 20.2 Å². The summed E-state index contributed by atoms with van der Waals surface area (Å²) in [6, 6.07) is 25.0. The Morgan fingerprint density at radius 3 is 1.72 bits per heavy atom. The molecule has 4 aromatic rings. The Balaban J connectivity index is 0.000000185. The monoisotopic (exact) mass is 675 g/mol. The highest BCUT2D eigenvalue weighted by molar-refractivity contribution is 7.90. The number of carbonyl (C=O) groups is 2. The summed E-state index contributed by atoms with van der Waals surface area (Å²) in [5, 5.41) is 30.6. The molecular weight excluding hydrogens is 647 g/mol. The Labute approximate surface area is 270 Å². The first-order valence-corrected chi connectivity index (χ1v) is 16.8. The summed E-state index contributed by atoms with van der Waals surface area (Å²) in [6.07, 6.45) is 3.16. The first kappa shape index (κ1) is 32.9. The van der Waals surface area contributed by atoms with Crippen molar-refractivity contribution in [2.24, 2.45) is 10.3 Å². The SMILES string of the molecule is NS(=O)(=O)Nc1ccc(NC=C2C(=O)Nc3ccccc32)cc1.NS(=O)(=O)c1ccc(NC=C2C(=O)Nc3cc(CO)ccc32)cc1. The third-order valence-corrected chi connectivity index (χ3v) is 8.30. The number of amides is 2. The fourth-order valence-corrected chi connectivity index (χ4v) is 5.60. The van der Waals surface area contributed by atoms with Gasteiger partial charge in [0.2, 0.25) is 10.0 Å². The maximum absolute atomic E-state index is 12.1. The van der Waals surface area contributed by atoms with Crippen molar-refractivity contribution in [3.8, 4) is 0 Å². The summed E-state index contributed by atoms with van der Waals surface area (Å²) in [5.41, 5.74) is 6.34. The molecule has 0 fully saturated rings.